The molecule has 1 aliphatic heterocycles. The van der Waals surface area contributed by atoms with Crippen LogP contribution in [0.2, 0.25) is 0 Å². The minimum absolute atomic E-state index is 0.186. The number of aliphatic hydroxyl groups excluding tert-OH is 1. The zero-order valence-corrected chi connectivity index (χ0v) is 11.6. The molecule has 0 unspecified atom stereocenters. The van der Waals surface area contributed by atoms with Gasteiger partial charge in [-0.2, -0.15) is 5.48 Å². The molecule has 1 aliphatic rings. The van der Waals surface area contributed by atoms with Crippen molar-refractivity contribution >= 4 is 0 Å². The molecule has 2 rings (SSSR count). The van der Waals surface area contributed by atoms with E-state index in [1.54, 1.807) is 6.92 Å². The van der Waals surface area contributed by atoms with Crippen LogP contribution < -0.4 is 5.48 Å². The van der Waals surface area contributed by atoms with Crippen molar-refractivity contribution in [2.75, 3.05) is 0 Å². The van der Waals surface area contributed by atoms with E-state index in [1.165, 1.54) is 0 Å². The summed E-state index contributed by atoms with van der Waals surface area (Å²) in [6.45, 7) is 8.05. The van der Waals surface area contributed by atoms with Crippen molar-refractivity contribution in [3.63, 3.8) is 0 Å². The first-order valence-electron chi connectivity index (χ1n) is 6.61. The Bertz CT molecular complexity index is 399. The number of rotatable bonds is 4. The van der Waals surface area contributed by atoms with Crippen molar-refractivity contribution < 1.29 is 14.4 Å². The van der Waals surface area contributed by atoms with E-state index in [4.69, 9.17) is 9.25 Å². The highest BCUT2D eigenvalue weighted by Crippen LogP contribution is 2.39. The van der Waals surface area contributed by atoms with E-state index in [0.29, 0.717) is 5.92 Å². The van der Waals surface area contributed by atoms with Crippen molar-refractivity contribution in [1.29, 1.82) is 0 Å². The molecule has 3 atom stereocenters. The van der Waals surface area contributed by atoms with E-state index in [1.807, 2.05) is 19.1 Å². The van der Waals surface area contributed by atoms with Crippen LogP contribution >= 0.6 is 0 Å². The lowest BCUT2D eigenvalue weighted by Crippen LogP contribution is -2.37. The highest BCUT2D eigenvalue weighted by Gasteiger charge is 2.45. The highest BCUT2D eigenvalue weighted by atomic mass is 16.7. The second-order valence-electron chi connectivity index (χ2n) is 5.79. The summed E-state index contributed by atoms with van der Waals surface area (Å²) in [5.74, 6) is 2.31. The van der Waals surface area contributed by atoms with Gasteiger partial charge in [-0.25, -0.2) is 0 Å². The third kappa shape index (κ3) is 2.60. The van der Waals surface area contributed by atoms with Gasteiger partial charge in [0, 0.05) is 6.42 Å². The predicted molar refractivity (Wildman–Crippen MR) is 68.9 cm³/mol. The van der Waals surface area contributed by atoms with E-state index in [0.717, 1.165) is 24.4 Å². The number of hydroxylamine groups is 1. The molecule has 18 heavy (non-hydrogen) atoms. The maximum absolute atomic E-state index is 9.67. The molecular weight excluding hydrogens is 230 g/mol. The van der Waals surface area contributed by atoms with Crippen molar-refractivity contribution in [2.24, 2.45) is 5.92 Å². The summed E-state index contributed by atoms with van der Waals surface area (Å²) in [5.41, 5.74) is 2.79. The summed E-state index contributed by atoms with van der Waals surface area (Å²) in [5, 5.41) is 9.67. The van der Waals surface area contributed by atoms with Gasteiger partial charge in [0.25, 0.3) is 0 Å². The topological polar surface area (TPSA) is 54.6 Å². The van der Waals surface area contributed by atoms with Gasteiger partial charge in [-0.3, -0.25) is 4.84 Å². The summed E-state index contributed by atoms with van der Waals surface area (Å²) in [6.07, 6.45) is 0.982. The number of aryl methyl sites for hydroxylation is 1. The molecular formula is C14H23NO3. The molecule has 1 aromatic heterocycles. The molecule has 1 fully saturated rings. The maximum Gasteiger partial charge on any atom is 0.126 e. The monoisotopic (exact) mass is 253 g/mol. The quantitative estimate of drug-likeness (QED) is 0.865. The fourth-order valence-corrected chi connectivity index (χ4v) is 2.65. The first-order valence-corrected chi connectivity index (χ1v) is 6.61. The van der Waals surface area contributed by atoms with Gasteiger partial charge in [0.15, 0.2) is 0 Å². The number of nitrogens with one attached hydrogen (secondary N) is 1. The van der Waals surface area contributed by atoms with Crippen molar-refractivity contribution in [1.82, 2.24) is 5.48 Å². The van der Waals surface area contributed by atoms with Gasteiger partial charge < -0.3 is 9.52 Å². The normalized spacial score (nSPS) is 30.0. The molecule has 0 bridgehead atoms. The molecule has 4 heteroatoms. The fourth-order valence-electron chi connectivity index (χ4n) is 2.65. The van der Waals surface area contributed by atoms with Crippen molar-refractivity contribution in [3.05, 3.63) is 23.7 Å². The van der Waals surface area contributed by atoms with Crippen LogP contribution in [0.3, 0.4) is 0 Å². The van der Waals surface area contributed by atoms with E-state index < -0.39 is 6.10 Å². The summed E-state index contributed by atoms with van der Waals surface area (Å²) in [6, 6.07) is 3.97. The Morgan fingerprint density at radius 2 is 2.17 bits per heavy atom. The summed E-state index contributed by atoms with van der Waals surface area (Å²) >= 11 is 0. The number of aliphatic hydroxyl groups is 1. The first-order chi connectivity index (χ1) is 8.43. The van der Waals surface area contributed by atoms with Gasteiger partial charge in [-0.1, -0.05) is 13.8 Å². The molecule has 2 heterocycles. The SMILES string of the molecule is Cc1ccc([C@@]2(CC(C)C)C[C@H]([C@@H](C)O)ON2)o1. The fraction of sp³-hybridized carbons (Fsp3) is 0.714. The minimum Gasteiger partial charge on any atom is -0.464 e. The van der Waals surface area contributed by atoms with E-state index in [9.17, 15) is 5.11 Å². The van der Waals surface area contributed by atoms with Crippen LogP contribution in [0.25, 0.3) is 0 Å². The Balaban J connectivity index is 2.25. The molecule has 4 nitrogen and oxygen atoms in total. The van der Waals surface area contributed by atoms with E-state index in [-0.39, 0.29) is 11.6 Å². The van der Waals surface area contributed by atoms with Crippen LogP contribution in [0, 0.1) is 12.8 Å². The Morgan fingerprint density at radius 3 is 2.61 bits per heavy atom. The van der Waals surface area contributed by atoms with Crippen LogP contribution in [-0.4, -0.2) is 17.3 Å². The van der Waals surface area contributed by atoms with Crippen LogP contribution in [0.5, 0.6) is 0 Å². The maximum atomic E-state index is 9.67. The molecule has 0 aromatic carbocycles. The summed E-state index contributed by atoms with van der Waals surface area (Å²) in [7, 11) is 0. The second-order valence-corrected chi connectivity index (χ2v) is 5.79. The van der Waals surface area contributed by atoms with Crippen LogP contribution in [0.4, 0.5) is 0 Å². The standard InChI is InChI=1S/C14H23NO3/c1-9(2)7-14(13-6-5-10(3)17-13)8-12(11(4)16)18-15-14/h5-6,9,11-12,15-16H,7-8H2,1-4H3/t11-,12-,14-/m1/s1. The molecule has 102 valence electrons. The van der Waals surface area contributed by atoms with Gasteiger partial charge in [0.1, 0.15) is 23.2 Å². The lowest BCUT2D eigenvalue weighted by Gasteiger charge is -2.27. The lowest BCUT2D eigenvalue weighted by molar-refractivity contribution is -0.0479. The van der Waals surface area contributed by atoms with Gasteiger partial charge in [0.2, 0.25) is 0 Å². The van der Waals surface area contributed by atoms with Gasteiger partial charge >= 0.3 is 0 Å². The van der Waals surface area contributed by atoms with Crippen LogP contribution in [0.15, 0.2) is 16.5 Å². The number of furan rings is 1. The predicted octanol–water partition coefficient (Wildman–Crippen LogP) is 2.50. The molecule has 2 N–H and O–H groups in total. The Labute approximate surface area is 108 Å². The third-order valence-corrected chi connectivity index (χ3v) is 3.46. The first kappa shape index (κ1) is 13.6. The molecule has 1 saturated heterocycles. The van der Waals surface area contributed by atoms with Gasteiger partial charge in [-0.15, -0.1) is 0 Å². The van der Waals surface area contributed by atoms with E-state index >= 15 is 0 Å². The third-order valence-electron chi connectivity index (χ3n) is 3.46. The van der Waals surface area contributed by atoms with E-state index in [2.05, 4.69) is 19.3 Å². The summed E-state index contributed by atoms with van der Waals surface area (Å²) < 4.78 is 5.78. The second kappa shape index (κ2) is 5.03. The molecule has 0 aliphatic carbocycles. The number of hydrogen-bond donors (Lipinski definition) is 2. The molecule has 0 saturated carbocycles. The Morgan fingerprint density at radius 1 is 1.44 bits per heavy atom. The average molecular weight is 253 g/mol. The van der Waals surface area contributed by atoms with Crippen LogP contribution in [-0.2, 0) is 10.4 Å². The zero-order chi connectivity index (χ0) is 13.3. The van der Waals surface area contributed by atoms with Crippen molar-refractivity contribution in [2.45, 2.75) is 58.3 Å². The highest BCUT2D eigenvalue weighted by molar-refractivity contribution is 5.17. The van der Waals surface area contributed by atoms with Gasteiger partial charge in [0.05, 0.1) is 6.10 Å². The van der Waals surface area contributed by atoms with Crippen LogP contribution in [0.1, 0.15) is 45.1 Å². The molecule has 0 spiro atoms. The van der Waals surface area contributed by atoms with Gasteiger partial charge in [-0.05, 0) is 38.3 Å². The average Bonchev–Trinajstić information content (AvgIpc) is 2.84. The smallest absolute Gasteiger partial charge is 0.126 e. The zero-order valence-electron chi connectivity index (χ0n) is 11.6. The molecule has 1 aromatic rings. The number of hydrogen-bond acceptors (Lipinski definition) is 4. The molecule has 0 radical (unpaired) electrons. The Kier molecular flexibility index (Phi) is 3.80. The molecule has 0 amide bonds. The lowest BCUT2D eigenvalue weighted by atomic mass is 9.83. The Hall–Kier alpha value is -0.840. The minimum atomic E-state index is -0.484. The van der Waals surface area contributed by atoms with Crippen molar-refractivity contribution in [3.8, 4) is 0 Å². The largest absolute Gasteiger partial charge is 0.464 e. The summed E-state index contributed by atoms with van der Waals surface area (Å²) in [4.78, 5) is 5.53.